The van der Waals surface area contributed by atoms with Gasteiger partial charge >= 0.3 is 0 Å². The standard InChI is InChI=1S/C19H26N4O3/c1-14(24)22-10-12-23(13-11-22)18(26)19(8-9-19)17(25)20-15-4-6-16(7-5-15)21(2)3/h4-7H,8-13H2,1-3H3,(H,20,25). The van der Waals surface area contributed by atoms with E-state index in [0.717, 1.165) is 5.69 Å². The fourth-order valence-corrected chi connectivity index (χ4v) is 3.28. The number of amides is 3. The summed E-state index contributed by atoms with van der Waals surface area (Å²) in [6, 6.07) is 7.55. The molecule has 1 aliphatic carbocycles. The summed E-state index contributed by atoms with van der Waals surface area (Å²) in [5.41, 5.74) is 0.808. The fourth-order valence-electron chi connectivity index (χ4n) is 3.28. The van der Waals surface area contributed by atoms with Gasteiger partial charge in [0.25, 0.3) is 0 Å². The van der Waals surface area contributed by atoms with Crippen molar-refractivity contribution in [2.45, 2.75) is 19.8 Å². The Morgan fingerprint density at radius 2 is 1.50 bits per heavy atom. The van der Waals surface area contributed by atoms with Crippen LogP contribution in [0.2, 0.25) is 0 Å². The topological polar surface area (TPSA) is 73.0 Å². The molecule has 3 rings (SSSR count). The SMILES string of the molecule is CC(=O)N1CCN(C(=O)C2(C(=O)Nc3ccc(N(C)C)cc3)CC2)CC1. The molecule has 0 bridgehead atoms. The van der Waals surface area contributed by atoms with Crippen LogP contribution in [0.15, 0.2) is 24.3 Å². The van der Waals surface area contributed by atoms with E-state index in [-0.39, 0.29) is 17.7 Å². The maximum Gasteiger partial charge on any atom is 0.240 e. The summed E-state index contributed by atoms with van der Waals surface area (Å²) in [4.78, 5) is 42.5. The summed E-state index contributed by atoms with van der Waals surface area (Å²) in [6.45, 7) is 3.58. The van der Waals surface area contributed by atoms with Gasteiger partial charge in [-0.3, -0.25) is 14.4 Å². The molecule has 1 heterocycles. The number of benzene rings is 1. The van der Waals surface area contributed by atoms with Gasteiger partial charge in [0, 0.05) is 58.6 Å². The monoisotopic (exact) mass is 358 g/mol. The van der Waals surface area contributed by atoms with Crippen LogP contribution in [-0.2, 0) is 14.4 Å². The first-order valence-electron chi connectivity index (χ1n) is 8.97. The lowest BCUT2D eigenvalue weighted by Gasteiger charge is -2.35. The largest absolute Gasteiger partial charge is 0.378 e. The maximum atomic E-state index is 12.9. The van der Waals surface area contributed by atoms with Crippen LogP contribution < -0.4 is 10.2 Å². The predicted molar refractivity (Wildman–Crippen MR) is 99.9 cm³/mol. The highest BCUT2D eigenvalue weighted by Gasteiger charge is 2.58. The molecule has 0 radical (unpaired) electrons. The van der Waals surface area contributed by atoms with Gasteiger partial charge in [0.1, 0.15) is 5.41 Å². The molecule has 1 saturated heterocycles. The van der Waals surface area contributed by atoms with Crippen LogP contribution in [0.1, 0.15) is 19.8 Å². The Bertz CT molecular complexity index is 702. The van der Waals surface area contributed by atoms with Crippen molar-refractivity contribution < 1.29 is 14.4 Å². The second-order valence-electron chi connectivity index (χ2n) is 7.28. The van der Waals surface area contributed by atoms with Crippen LogP contribution in [0, 0.1) is 5.41 Å². The van der Waals surface area contributed by atoms with Gasteiger partial charge in [0.15, 0.2) is 0 Å². The highest BCUT2D eigenvalue weighted by atomic mass is 16.2. The first kappa shape index (κ1) is 18.2. The molecule has 1 aromatic carbocycles. The Hall–Kier alpha value is -2.57. The summed E-state index contributed by atoms with van der Waals surface area (Å²) >= 11 is 0. The van der Waals surface area contributed by atoms with Crippen molar-refractivity contribution in [3.63, 3.8) is 0 Å². The van der Waals surface area contributed by atoms with Gasteiger partial charge in [-0.05, 0) is 37.1 Å². The molecule has 1 aliphatic heterocycles. The van der Waals surface area contributed by atoms with Crippen LogP contribution in [-0.4, -0.2) is 67.8 Å². The van der Waals surface area contributed by atoms with Crippen LogP contribution >= 0.6 is 0 Å². The molecule has 3 amide bonds. The number of anilines is 2. The normalized spacial score (nSPS) is 18.3. The minimum absolute atomic E-state index is 0.0251. The molecule has 0 aromatic heterocycles. The van der Waals surface area contributed by atoms with Gasteiger partial charge in [-0.25, -0.2) is 0 Å². The van der Waals surface area contributed by atoms with Gasteiger partial charge in [0.05, 0.1) is 0 Å². The molecule has 2 fully saturated rings. The van der Waals surface area contributed by atoms with Crippen LogP contribution in [0.4, 0.5) is 11.4 Å². The second kappa shape index (κ2) is 6.97. The molecule has 1 N–H and O–H groups in total. The first-order chi connectivity index (χ1) is 12.3. The van der Waals surface area contributed by atoms with Gasteiger partial charge in [-0.2, -0.15) is 0 Å². The molecule has 7 heteroatoms. The molecular formula is C19H26N4O3. The second-order valence-corrected chi connectivity index (χ2v) is 7.28. The number of carbonyl (C=O) groups excluding carboxylic acids is 3. The Labute approximate surface area is 153 Å². The highest BCUT2D eigenvalue weighted by Crippen LogP contribution is 2.48. The van der Waals surface area contributed by atoms with Crippen molar-refractivity contribution >= 4 is 29.1 Å². The Morgan fingerprint density at radius 1 is 0.962 bits per heavy atom. The number of rotatable bonds is 4. The molecule has 0 spiro atoms. The average Bonchev–Trinajstić information content (AvgIpc) is 3.43. The van der Waals surface area contributed by atoms with Crippen LogP contribution in [0.25, 0.3) is 0 Å². The lowest BCUT2D eigenvalue weighted by atomic mass is 10.0. The summed E-state index contributed by atoms with van der Waals surface area (Å²) in [5.74, 6) is -0.311. The molecule has 1 aromatic rings. The molecule has 26 heavy (non-hydrogen) atoms. The van der Waals surface area contributed by atoms with E-state index >= 15 is 0 Å². The molecule has 0 unspecified atom stereocenters. The lowest BCUT2D eigenvalue weighted by molar-refractivity contribution is -0.146. The number of nitrogens with zero attached hydrogens (tertiary/aromatic N) is 3. The number of carbonyl (C=O) groups is 3. The number of hydrogen-bond acceptors (Lipinski definition) is 4. The summed E-state index contributed by atoms with van der Waals surface area (Å²) in [5, 5.41) is 2.89. The molecule has 1 saturated carbocycles. The van der Waals surface area contributed by atoms with Crippen molar-refractivity contribution in [1.29, 1.82) is 0 Å². The summed E-state index contributed by atoms with van der Waals surface area (Å²) in [7, 11) is 3.91. The van der Waals surface area contributed by atoms with Crippen molar-refractivity contribution in [2.24, 2.45) is 5.41 Å². The quantitative estimate of drug-likeness (QED) is 0.820. The molecular weight excluding hydrogens is 332 g/mol. The van der Waals surface area contributed by atoms with Crippen molar-refractivity contribution in [3.05, 3.63) is 24.3 Å². The number of nitrogens with one attached hydrogen (secondary N) is 1. The van der Waals surface area contributed by atoms with Crippen LogP contribution in [0.3, 0.4) is 0 Å². The zero-order valence-electron chi connectivity index (χ0n) is 15.6. The Morgan fingerprint density at radius 3 is 1.96 bits per heavy atom. The van der Waals surface area contributed by atoms with Crippen molar-refractivity contribution in [1.82, 2.24) is 9.80 Å². The lowest BCUT2D eigenvalue weighted by Crippen LogP contribution is -2.53. The van der Waals surface area contributed by atoms with E-state index in [1.807, 2.05) is 43.3 Å². The van der Waals surface area contributed by atoms with Crippen LogP contribution in [0.5, 0.6) is 0 Å². The van der Waals surface area contributed by atoms with Gasteiger partial charge in [0.2, 0.25) is 17.7 Å². The fraction of sp³-hybridized carbons (Fsp3) is 0.526. The first-order valence-corrected chi connectivity index (χ1v) is 8.97. The third kappa shape index (κ3) is 3.52. The van der Waals surface area contributed by atoms with Gasteiger partial charge in [-0.15, -0.1) is 0 Å². The highest BCUT2D eigenvalue weighted by molar-refractivity contribution is 6.13. The predicted octanol–water partition coefficient (Wildman–Crippen LogP) is 1.16. The van der Waals surface area contributed by atoms with E-state index in [4.69, 9.17) is 0 Å². The maximum absolute atomic E-state index is 12.9. The van der Waals surface area contributed by atoms with E-state index in [1.54, 1.807) is 9.80 Å². The van der Waals surface area contributed by atoms with E-state index < -0.39 is 5.41 Å². The number of hydrogen-bond donors (Lipinski definition) is 1. The third-order valence-corrected chi connectivity index (χ3v) is 5.25. The average molecular weight is 358 g/mol. The minimum Gasteiger partial charge on any atom is -0.378 e. The summed E-state index contributed by atoms with van der Waals surface area (Å²) in [6.07, 6.45) is 1.17. The molecule has 2 aliphatic rings. The van der Waals surface area contributed by atoms with E-state index in [0.29, 0.717) is 44.7 Å². The minimum atomic E-state index is -0.932. The van der Waals surface area contributed by atoms with Gasteiger partial charge < -0.3 is 20.0 Å². The molecule has 140 valence electrons. The van der Waals surface area contributed by atoms with Crippen molar-refractivity contribution in [2.75, 3.05) is 50.5 Å². The summed E-state index contributed by atoms with van der Waals surface area (Å²) < 4.78 is 0. The Balaban J connectivity index is 1.62. The zero-order chi connectivity index (χ0) is 18.9. The van der Waals surface area contributed by atoms with E-state index in [2.05, 4.69) is 5.32 Å². The zero-order valence-corrected chi connectivity index (χ0v) is 15.6. The molecule has 7 nitrogen and oxygen atoms in total. The van der Waals surface area contributed by atoms with Crippen molar-refractivity contribution in [3.8, 4) is 0 Å². The van der Waals surface area contributed by atoms with E-state index in [9.17, 15) is 14.4 Å². The van der Waals surface area contributed by atoms with Gasteiger partial charge in [-0.1, -0.05) is 0 Å². The molecule has 0 atom stereocenters. The Kier molecular flexibility index (Phi) is 4.89. The third-order valence-electron chi connectivity index (χ3n) is 5.25. The number of piperazine rings is 1. The smallest absolute Gasteiger partial charge is 0.240 e. The van der Waals surface area contributed by atoms with E-state index in [1.165, 1.54) is 6.92 Å².